The first-order valence-corrected chi connectivity index (χ1v) is 4.62. The summed E-state index contributed by atoms with van der Waals surface area (Å²) >= 11 is 0. The third kappa shape index (κ3) is 2.72. The van der Waals surface area contributed by atoms with Gasteiger partial charge >= 0.3 is 0 Å². The predicted molar refractivity (Wildman–Crippen MR) is 49.1 cm³/mol. The van der Waals surface area contributed by atoms with Gasteiger partial charge in [0, 0.05) is 25.7 Å². The minimum absolute atomic E-state index is 0.457. The molecule has 0 amide bonds. The van der Waals surface area contributed by atoms with Crippen LogP contribution in [0, 0.1) is 0 Å². The van der Waals surface area contributed by atoms with Crippen molar-refractivity contribution in [2.24, 2.45) is 0 Å². The van der Waals surface area contributed by atoms with Crippen LogP contribution in [0.1, 0.15) is 20.3 Å². The molecule has 2 nitrogen and oxygen atoms in total. The monoisotopic (exact) mass is 174 g/mol. The van der Waals surface area contributed by atoms with Gasteiger partial charge in [-0.3, -0.25) is 4.90 Å². The van der Waals surface area contributed by atoms with Crippen LogP contribution in [0.3, 0.4) is 0 Å². The van der Waals surface area contributed by atoms with Crippen LogP contribution >= 0.6 is 0 Å². The minimum Gasteiger partial charge on any atom is -0.316 e. The molecule has 3 heteroatoms. The molecule has 0 radical (unpaired) electrons. The summed E-state index contributed by atoms with van der Waals surface area (Å²) in [6.45, 7) is 6.26. The van der Waals surface area contributed by atoms with Gasteiger partial charge in [0.2, 0.25) is 0 Å². The maximum absolute atomic E-state index is 13.4. The van der Waals surface area contributed by atoms with Gasteiger partial charge in [0.15, 0.2) is 0 Å². The van der Waals surface area contributed by atoms with Crippen LogP contribution in [-0.4, -0.2) is 43.3 Å². The molecule has 0 aliphatic carbocycles. The van der Waals surface area contributed by atoms with Gasteiger partial charge < -0.3 is 5.32 Å². The molecular formula is C9H19FN2. The molecule has 0 aromatic heterocycles. The second-order valence-electron chi connectivity index (χ2n) is 4.09. The maximum Gasteiger partial charge on any atom is 0.122 e. The molecule has 2 unspecified atom stereocenters. The molecule has 12 heavy (non-hydrogen) atoms. The normalized spacial score (nSPS) is 34.0. The van der Waals surface area contributed by atoms with Crippen molar-refractivity contribution in [3.8, 4) is 0 Å². The minimum atomic E-state index is -0.951. The zero-order valence-electron chi connectivity index (χ0n) is 8.23. The number of nitrogens with one attached hydrogen (secondary N) is 1. The van der Waals surface area contributed by atoms with E-state index in [-0.39, 0.29) is 0 Å². The lowest BCUT2D eigenvalue weighted by Gasteiger charge is -2.20. The van der Waals surface area contributed by atoms with Gasteiger partial charge in [-0.05, 0) is 27.3 Å². The second kappa shape index (κ2) is 3.71. The number of hydrogen-bond donors (Lipinski definition) is 1. The Balaban J connectivity index is 2.28. The van der Waals surface area contributed by atoms with Crippen LogP contribution in [0.4, 0.5) is 4.39 Å². The molecule has 2 atom stereocenters. The highest BCUT2D eigenvalue weighted by molar-refractivity contribution is 4.87. The highest BCUT2D eigenvalue weighted by Crippen LogP contribution is 2.24. The third-order valence-electron chi connectivity index (χ3n) is 2.53. The Labute approximate surface area is 74.1 Å². The number of likely N-dealkylation sites (N-methyl/N-ethyl adjacent to an activating group) is 1. The van der Waals surface area contributed by atoms with E-state index in [1.54, 1.807) is 6.92 Å². The van der Waals surface area contributed by atoms with Crippen molar-refractivity contribution >= 4 is 0 Å². The van der Waals surface area contributed by atoms with Gasteiger partial charge in [-0.15, -0.1) is 0 Å². The summed E-state index contributed by atoms with van der Waals surface area (Å²) in [5, 5.41) is 3.16. The first-order chi connectivity index (χ1) is 5.53. The van der Waals surface area contributed by atoms with E-state index in [0.717, 1.165) is 13.1 Å². The predicted octanol–water partition coefficient (Wildman–Crippen LogP) is 1.03. The molecule has 1 aliphatic rings. The van der Waals surface area contributed by atoms with Crippen LogP contribution in [0.15, 0.2) is 0 Å². The number of rotatable bonds is 3. The maximum atomic E-state index is 13.4. The topological polar surface area (TPSA) is 15.3 Å². The van der Waals surface area contributed by atoms with Crippen molar-refractivity contribution in [2.45, 2.75) is 32.0 Å². The molecule has 0 aromatic carbocycles. The zero-order valence-corrected chi connectivity index (χ0v) is 8.23. The summed E-state index contributed by atoms with van der Waals surface area (Å²) in [4.78, 5) is 2.18. The van der Waals surface area contributed by atoms with E-state index in [2.05, 4.69) is 17.1 Å². The summed E-state index contributed by atoms with van der Waals surface area (Å²) in [5.74, 6) is 0. The largest absolute Gasteiger partial charge is 0.316 e. The Morgan fingerprint density at radius 2 is 2.33 bits per heavy atom. The average Bonchev–Trinajstić information content (AvgIpc) is 2.30. The van der Waals surface area contributed by atoms with Crippen LogP contribution in [0.25, 0.3) is 0 Å². The van der Waals surface area contributed by atoms with Gasteiger partial charge in [-0.2, -0.15) is 0 Å². The molecule has 1 saturated heterocycles. The van der Waals surface area contributed by atoms with E-state index < -0.39 is 5.67 Å². The Morgan fingerprint density at radius 3 is 2.75 bits per heavy atom. The summed E-state index contributed by atoms with van der Waals surface area (Å²) < 4.78 is 13.4. The van der Waals surface area contributed by atoms with E-state index in [4.69, 9.17) is 0 Å². The molecule has 72 valence electrons. The van der Waals surface area contributed by atoms with Gasteiger partial charge in [-0.1, -0.05) is 0 Å². The molecule has 1 heterocycles. The number of hydrogen-bond acceptors (Lipinski definition) is 2. The fraction of sp³-hybridized carbons (Fsp3) is 1.00. The van der Waals surface area contributed by atoms with Crippen LogP contribution in [0.5, 0.6) is 0 Å². The lowest BCUT2D eigenvalue weighted by Crippen LogP contribution is -2.37. The molecule has 0 saturated carbocycles. The fourth-order valence-electron chi connectivity index (χ4n) is 1.65. The Kier molecular flexibility index (Phi) is 3.07. The molecule has 1 N–H and O–H groups in total. The van der Waals surface area contributed by atoms with E-state index in [0.29, 0.717) is 19.0 Å². The summed E-state index contributed by atoms with van der Waals surface area (Å²) in [7, 11) is 1.94. The lowest BCUT2D eigenvalue weighted by molar-refractivity contribution is 0.184. The zero-order chi connectivity index (χ0) is 9.19. The smallest absolute Gasteiger partial charge is 0.122 e. The summed E-state index contributed by atoms with van der Waals surface area (Å²) in [6, 6.07) is 0.457. The standard InChI is InChI=1S/C9H19FN2/c1-8(11-3)6-12-5-4-9(2,10)7-12/h8,11H,4-7H2,1-3H3. The molecule has 0 bridgehead atoms. The molecule has 0 spiro atoms. The average molecular weight is 174 g/mol. The van der Waals surface area contributed by atoms with Crippen molar-refractivity contribution in [2.75, 3.05) is 26.7 Å². The Hall–Kier alpha value is -0.150. The SMILES string of the molecule is CNC(C)CN1CCC(C)(F)C1. The quantitative estimate of drug-likeness (QED) is 0.687. The molecule has 1 fully saturated rings. The van der Waals surface area contributed by atoms with Gasteiger partial charge in [0.05, 0.1) is 0 Å². The molecular weight excluding hydrogens is 155 g/mol. The number of likely N-dealkylation sites (tertiary alicyclic amines) is 1. The Morgan fingerprint density at radius 1 is 1.67 bits per heavy atom. The highest BCUT2D eigenvalue weighted by atomic mass is 19.1. The number of alkyl halides is 1. The number of halogens is 1. The summed E-state index contributed by atoms with van der Waals surface area (Å²) in [5.41, 5.74) is -0.951. The van der Waals surface area contributed by atoms with Crippen LogP contribution in [0.2, 0.25) is 0 Å². The van der Waals surface area contributed by atoms with Gasteiger partial charge in [-0.25, -0.2) is 4.39 Å². The van der Waals surface area contributed by atoms with Crippen molar-refractivity contribution in [3.63, 3.8) is 0 Å². The van der Waals surface area contributed by atoms with Crippen molar-refractivity contribution in [1.29, 1.82) is 0 Å². The van der Waals surface area contributed by atoms with Crippen LogP contribution in [-0.2, 0) is 0 Å². The van der Waals surface area contributed by atoms with E-state index in [1.807, 2.05) is 7.05 Å². The van der Waals surface area contributed by atoms with E-state index in [9.17, 15) is 4.39 Å². The van der Waals surface area contributed by atoms with E-state index >= 15 is 0 Å². The molecule has 1 aliphatic heterocycles. The first kappa shape index (κ1) is 9.93. The van der Waals surface area contributed by atoms with Crippen molar-refractivity contribution in [1.82, 2.24) is 10.2 Å². The number of nitrogens with zero attached hydrogens (tertiary/aromatic N) is 1. The van der Waals surface area contributed by atoms with Crippen molar-refractivity contribution in [3.05, 3.63) is 0 Å². The van der Waals surface area contributed by atoms with Crippen LogP contribution < -0.4 is 5.32 Å². The van der Waals surface area contributed by atoms with E-state index in [1.165, 1.54) is 0 Å². The first-order valence-electron chi connectivity index (χ1n) is 4.62. The summed E-state index contributed by atoms with van der Waals surface area (Å²) in [6.07, 6.45) is 0.684. The van der Waals surface area contributed by atoms with Gasteiger partial charge in [0.25, 0.3) is 0 Å². The Bertz CT molecular complexity index is 147. The fourth-order valence-corrected chi connectivity index (χ4v) is 1.65. The lowest BCUT2D eigenvalue weighted by atomic mass is 10.1. The van der Waals surface area contributed by atoms with Crippen molar-refractivity contribution < 1.29 is 4.39 Å². The molecule has 0 aromatic rings. The molecule has 1 rings (SSSR count). The highest BCUT2D eigenvalue weighted by Gasteiger charge is 2.33. The third-order valence-corrected chi connectivity index (χ3v) is 2.53. The second-order valence-corrected chi connectivity index (χ2v) is 4.09. The van der Waals surface area contributed by atoms with Gasteiger partial charge in [0.1, 0.15) is 5.67 Å².